The molecule has 0 aliphatic heterocycles. The molecule has 66 valence electrons. The summed E-state index contributed by atoms with van der Waals surface area (Å²) in [5, 5.41) is 0.702. The molecule has 0 spiro atoms. The third-order valence-electron chi connectivity index (χ3n) is 1.81. The van der Waals surface area contributed by atoms with Crippen LogP contribution in [0.1, 0.15) is 17.2 Å². The van der Waals surface area contributed by atoms with E-state index in [2.05, 4.69) is 0 Å². The number of halogens is 1. The van der Waals surface area contributed by atoms with Crippen LogP contribution >= 0.6 is 11.6 Å². The molecule has 0 saturated heterocycles. The smallest absolute Gasteiger partial charge is 0.0456 e. The van der Waals surface area contributed by atoms with Crippen LogP contribution in [0.25, 0.3) is 0 Å². The summed E-state index contributed by atoms with van der Waals surface area (Å²) >= 11 is 5.97. The normalized spacial score (nSPS) is 13.0. The standard InChI is InChI=1S/C9H13ClN2/c1-6-2-3-7(8(10)4-6)9(12)5-11/h2-4,9H,5,11-12H2,1H3. The summed E-state index contributed by atoms with van der Waals surface area (Å²) in [5.74, 6) is 0. The van der Waals surface area contributed by atoms with Crippen molar-refractivity contribution in [2.24, 2.45) is 11.5 Å². The van der Waals surface area contributed by atoms with Crippen LogP contribution in [-0.4, -0.2) is 6.54 Å². The average molecular weight is 185 g/mol. The molecular weight excluding hydrogens is 172 g/mol. The Morgan fingerprint density at radius 2 is 2.17 bits per heavy atom. The van der Waals surface area contributed by atoms with Crippen LogP contribution in [0.15, 0.2) is 18.2 Å². The second-order valence-corrected chi connectivity index (χ2v) is 3.27. The number of hydrogen-bond acceptors (Lipinski definition) is 2. The van der Waals surface area contributed by atoms with Gasteiger partial charge in [0.05, 0.1) is 0 Å². The van der Waals surface area contributed by atoms with Gasteiger partial charge in [0, 0.05) is 17.6 Å². The minimum Gasteiger partial charge on any atom is -0.329 e. The van der Waals surface area contributed by atoms with E-state index >= 15 is 0 Å². The van der Waals surface area contributed by atoms with E-state index in [-0.39, 0.29) is 6.04 Å². The molecule has 0 bridgehead atoms. The molecule has 3 heteroatoms. The van der Waals surface area contributed by atoms with Crippen molar-refractivity contribution < 1.29 is 0 Å². The van der Waals surface area contributed by atoms with E-state index in [0.717, 1.165) is 11.1 Å². The van der Waals surface area contributed by atoms with Gasteiger partial charge in [0.15, 0.2) is 0 Å². The first kappa shape index (κ1) is 9.52. The highest BCUT2D eigenvalue weighted by molar-refractivity contribution is 6.31. The van der Waals surface area contributed by atoms with Crippen molar-refractivity contribution in [3.8, 4) is 0 Å². The Balaban J connectivity index is 3.01. The lowest BCUT2D eigenvalue weighted by Gasteiger charge is -2.11. The molecule has 4 N–H and O–H groups in total. The van der Waals surface area contributed by atoms with E-state index in [1.54, 1.807) is 0 Å². The molecule has 1 unspecified atom stereocenters. The summed E-state index contributed by atoms with van der Waals surface area (Å²) < 4.78 is 0. The first-order valence-corrected chi connectivity index (χ1v) is 4.24. The molecule has 1 atom stereocenters. The molecule has 0 aliphatic rings. The topological polar surface area (TPSA) is 52.0 Å². The van der Waals surface area contributed by atoms with Crippen LogP contribution < -0.4 is 11.5 Å². The lowest BCUT2D eigenvalue weighted by Crippen LogP contribution is -2.20. The lowest BCUT2D eigenvalue weighted by atomic mass is 10.1. The molecule has 12 heavy (non-hydrogen) atoms. The zero-order chi connectivity index (χ0) is 9.14. The van der Waals surface area contributed by atoms with E-state index < -0.39 is 0 Å². The van der Waals surface area contributed by atoms with E-state index in [0.29, 0.717) is 11.6 Å². The number of nitrogens with two attached hydrogens (primary N) is 2. The molecule has 0 saturated carbocycles. The fourth-order valence-electron chi connectivity index (χ4n) is 1.06. The van der Waals surface area contributed by atoms with Gasteiger partial charge in [-0.2, -0.15) is 0 Å². The lowest BCUT2D eigenvalue weighted by molar-refractivity contribution is 0.737. The largest absolute Gasteiger partial charge is 0.329 e. The summed E-state index contributed by atoms with van der Waals surface area (Å²) in [7, 11) is 0. The van der Waals surface area contributed by atoms with E-state index in [1.165, 1.54) is 0 Å². The second kappa shape index (κ2) is 3.90. The Morgan fingerprint density at radius 1 is 1.50 bits per heavy atom. The van der Waals surface area contributed by atoms with Crippen molar-refractivity contribution in [2.75, 3.05) is 6.54 Å². The molecule has 1 aromatic rings. The highest BCUT2D eigenvalue weighted by Crippen LogP contribution is 2.21. The zero-order valence-corrected chi connectivity index (χ0v) is 7.81. The van der Waals surface area contributed by atoms with Crippen LogP contribution in [0, 0.1) is 6.92 Å². The van der Waals surface area contributed by atoms with Crippen molar-refractivity contribution in [2.45, 2.75) is 13.0 Å². The average Bonchev–Trinajstić information content (AvgIpc) is 2.03. The molecule has 0 aromatic heterocycles. The summed E-state index contributed by atoms with van der Waals surface area (Å²) in [6.07, 6.45) is 0. The predicted molar refractivity (Wildman–Crippen MR) is 52.2 cm³/mol. The predicted octanol–water partition coefficient (Wildman–Crippen LogP) is 1.61. The molecule has 1 rings (SSSR count). The van der Waals surface area contributed by atoms with E-state index in [1.807, 2.05) is 25.1 Å². The maximum Gasteiger partial charge on any atom is 0.0456 e. The summed E-state index contributed by atoms with van der Waals surface area (Å²) in [6.45, 7) is 2.41. The van der Waals surface area contributed by atoms with Crippen molar-refractivity contribution in [3.05, 3.63) is 34.3 Å². The third kappa shape index (κ3) is 1.97. The van der Waals surface area contributed by atoms with Gasteiger partial charge in [-0.05, 0) is 24.1 Å². The maximum atomic E-state index is 5.97. The Labute approximate surface area is 77.5 Å². The van der Waals surface area contributed by atoms with Gasteiger partial charge in [0.1, 0.15) is 0 Å². The Kier molecular flexibility index (Phi) is 3.09. The molecule has 1 aromatic carbocycles. The van der Waals surface area contributed by atoms with Crippen LogP contribution in [0.5, 0.6) is 0 Å². The van der Waals surface area contributed by atoms with Gasteiger partial charge in [-0.25, -0.2) is 0 Å². The molecule has 0 aliphatic carbocycles. The Bertz CT molecular complexity index is 273. The monoisotopic (exact) mass is 184 g/mol. The molecule has 0 fully saturated rings. The summed E-state index contributed by atoms with van der Waals surface area (Å²) in [6, 6.07) is 5.65. The quantitative estimate of drug-likeness (QED) is 0.734. The fourth-order valence-corrected chi connectivity index (χ4v) is 1.44. The minimum atomic E-state index is -0.155. The van der Waals surface area contributed by atoms with Crippen molar-refractivity contribution in [1.82, 2.24) is 0 Å². The van der Waals surface area contributed by atoms with Gasteiger partial charge in [-0.3, -0.25) is 0 Å². The SMILES string of the molecule is Cc1ccc(C(N)CN)c(Cl)c1. The van der Waals surface area contributed by atoms with Gasteiger partial charge >= 0.3 is 0 Å². The minimum absolute atomic E-state index is 0.155. The Morgan fingerprint density at radius 3 is 2.67 bits per heavy atom. The number of aryl methyl sites for hydroxylation is 1. The molecular formula is C9H13ClN2. The van der Waals surface area contributed by atoms with Gasteiger partial charge in [-0.1, -0.05) is 23.7 Å². The third-order valence-corrected chi connectivity index (χ3v) is 2.14. The first-order valence-electron chi connectivity index (χ1n) is 3.87. The first-order chi connectivity index (χ1) is 5.65. The zero-order valence-electron chi connectivity index (χ0n) is 7.05. The Hall–Kier alpha value is -0.570. The van der Waals surface area contributed by atoms with Gasteiger partial charge in [0.25, 0.3) is 0 Å². The second-order valence-electron chi connectivity index (χ2n) is 2.87. The van der Waals surface area contributed by atoms with Gasteiger partial charge in [-0.15, -0.1) is 0 Å². The molecule has 2 nitrogen and oxygen atoms in total. The number of benzene rings is 1. The molecule has 0 radical (unpaired) electrons. The van der Waals surface area contributed by atoms with E-state index in [9.17, 15) is 0 Å². The van der Waals surface area contributed by atoms with Crippen molar-refractivity contribution in [1.29, 1.82) is 0 Å². The van der Waals surface area contributed by atoms with Crippen LogP contribution in [0.4, 0.5) is 0 Å². The van der Waals surface area contributed by atoms with Crippen molar-refractivity contribution in [3.63, 3.8) is 0 Å². The van der Waals surface area contributed by atoms with Crippen LogP contribution in [0.3, 0.4) is 0 Å². The summed E-state index contributed by atoms with van der Waals surface area (Å²) in [4.78, 5) is 0. The van der Waals surface area contributed by atoms with Gasteiger partial charge in [0.2, 0.25) is 0 Å². The van der Waals surface area contributed by atoms with Crippen LogP contribution in [0.2, 0.25) is 5.02 Å². The van der Waals surface area contributed by atoms with Crippen LogP contribution in [-0.2, 0) is 0 Å². The highest BCUT2D eigenvalue weighted by Gasteiger charge is 2.07. The molecule has 0 amide bonds. The number of hydrogen-bond donors (Lipinski definition) is 2. The van der Waals surface area contributed by atoms with Crippen molar-refractivity contribution >= 4 is 11.6 Å². The highest BCUT2D eigenvalue weighted by atomic mass is 35.5. The molecule has 0 heterocycles. The van der Waals surface area contributed by atoms with Gasteiger partial charge < -0.3 is 11.5 Å². The maximum absolute atomic E-state index is 5.97. The number of rotatable bonds is 2. The fraction of sp³-hybridized carbons (Fsp3) is 0.333. The van der Waals surface area contributed by atoms with E-state index in [4.69, 9.17) is 23.1 Å². The summed E-state index contributed by atoms with van der Waals surface area (Å²) in [5.41, 5.74) is 13.2.